The van der Waals surface area contributed by atoms with Gasteiger partial charge in [-0.3, -0.25) is 14.4 Å². The summed E-state index contributed by atoms with van der Waals surface area (Å²) in [6.45, 7) is 0. The van der Waals surface area contributed by atoms with Gasteiger partial charge in [-0.2, -0.15) is 0 Å². The molecule has 1 heterocycles. The summed E-state index contributed by atoms with van der Waals surface area (Å²) in [6, 6.07) is 3.12. The summed E-state index contributed by atoms with van der Waals surface area (Å²) in [5, 5.41) is 4.72. The minimum absolute atomic E-state index is 0.00445. The monoisotopic (exact) mass is 291 g/mol. The Balaban J connectivity index is 2.52. The number of hydrogen-bond acceptors (Lipinski definition) is 6. The summed E-state index contributed by atoms with van der Waals surface area (Å²) in [4.78, 5) is 46.9. The van der Waals surface area contributed by atoms with Gasteiger partial charge in [0.05, 0.1) is 13.5 Å². The van der Waals surface area contributed by atoms with Crippen molar-refractivity contribution in [2.45, 2.75) is 12.8 Å². The molecule has 0 saturated heterocycles. The van der Waals surface area contributed by atoms with E-state index in [4.69, 9.17) is 0 Å². The molecule has 0 aliphatic heterocycles. The van der Waals surface area contributed by atoms with Gasteiger partial charge in [-0.05, 0) is 23.8 Å². The van der Waals surface area contributed by atoms with Crippen molar-refractivity contribution in [1.82, 2.24) is 4.98 Å². The zero-order valence-corrected chi connectivity index (χ0v) is 11.2. The third-order valence-electron chi connectivity index (χ3n) is 2.35. The molecule has 0 unspecified atom stereocenters. The molecular weight excluding hydrogens is 278 g/mol. The summed E-state index contributed by atoms with van der Waals surface area (Å²) in [7, 11) is 1.25. The molecule has 8 nitrogen and oxygen atoms in total. The molecule has 0 spiro atoms. The first-order valence-electron chi connectivity index (χ1n) is 5.93. The van der Waals surface area contributed by atoms with E-state index in [-0.39, 0.29) is 18.7 Å². The highest BCUT2D eigenvalue weighted by atomic mass is 16.5. The fraction of sp³-hybridized carbons (Fsp3) is 0.231. The van der Waals surface area contributed by atoms with Crippen molar-refractivity contribution in [3.05, 3.63) is 34.9 Å². The summed E-state index contributed by atoms with van der Waals surface area (Å²) in [5.74, 6) is -1.42. The van der Waals surface area contributed by atoms with E-state index in [1.54, 1.807) is 6.07 Å². The Morgan fingerprint density at radius 1 is 1.33 bits per heavy atom. The highest BCUT2D eigenvalue weighted by Crippen LogP contribution is 2.07. The van der Waals surface area contributed by atoms with Gasteiger partial charge in [-0.15, -0.1) is 4.91 Å². The summed E-state index contributed by atoms with van der Waals surface area (Å²) in [6.07, 6.45) is 3.78. The number of methoxy groups -OCH3 is 1. The molecule has 1 rings (SSSR count). The lowest BCUT2D eigenvalue weighted by Crippen LogP contribution is -2.14. The van der Waals surface area contributed by atoms with Gasteiger partial charge in [0, 0.05) is 23.9 Å². The van der Waals surface area contributed by atoms with Crippen LogP contribution in [-0.2, 0) is 19.1 Å². The van der Waals surface area contributed by atoms with Crippen LogP contribution in [-0.4, -0.2) is 29.9 Å². The van der Waals surface area contributed by atoms with Crippen LogP contribution in [0.1, 0.15) is 18.4 Å². The fourth-order valence-corrected chi connectivity index (χ4v) is 1.30. The van der Waals surface area contributed by atoms with Crippen LogP contribution in [0.15, 0.2) is 29.6 Å². The van der Waals surface area contributed by atoms with E-state index >= 15 is 0 Å². The van der Waals surface area contributed by atoms with Crippen LogP contribution in [0.4, 0.5) is 5.82 Å². The molecule has 110 valence electrons. The lowest BCUT2D eigenvalue weighted by Gasteiger charge is -2.04. The molecule has 0 bridgehead atoms. The summed E-state index contributed by atoms with van der Waals surface area (Å²) in [5.41, 5.74) is 0.569. The number of anilines is 1. The topological polar surface area (TPSA) is 115 Å². The van der Waals surface area contributed by atoms with E-state index in [0.717, 1.165) is 6.08 Å². The van der Waals surface area contributed by atoms with E-state index in [0.29, 0.717) is 11.4 Å². The van der Waals surface area contributed by atoms with Crippen molar-refractivity contribution in [2.24, 2.45) is 5.18 Å². The van der Waals surface area contributed by atoms with E-state index in [1.165, 1.54) is 25.4 Å². The maximum absolute atomic E-state index is 11.5. The molecule has 0 atom stereocenters. The third-order valence-corrected chi connectivity index (χ3v) is 2.35. The van der Waals surface area contributed by atoms with Gasteiger partial charge >= 0.3 is 11.9 Å². The summed E-state index contributed by atoms with van der Waals surface area (Å²) < 4.78 is 4.42. The predicted octanol–water partition coefficient (Wildman–Crippen LogP) is 1.28. The lowest BCUT2D eigenvalue weighted by atomic mass is 10.2. The number of nitrogens with zero attached hydrogens (tertiary/aromatic N) is 2. The number of amides is 2. The molecule has 21 heavy (non-hydrogen) atoms. The maximum Gasteiger partial charge on any atom is 0.309 e. The second-order valence-electron chi connectivity index (χ2n) is 3.86. The van der Waals surface area contributed by atoms with Gasteiger partial charge in [-0.1, -0.05) is 0 Å². The first-order chi connectivity index (χ1) is 10.0. The van der Waals surface area contributed by atoms with E-state index in [9.17, 15) is 19.3 Å². The molecule has 0 aliphatic carbocycles. The first-order valence-corrected chi connectivity index (χ1v) is 5.93. The van der Waals surface area contributed by atoms with Crippen LogP contribution in [0.25, 0.3) is 6.08 Å². The smallest absolute Gasteiger partial charge is 0.309 e. The Kier molecular flexibility index (Phi) is 6.39. The van der Waals surface area contributed by atoms with Gasteiger partial charge in [0.25, 0.3) is 0 Å². The largest absolute Gasteiger partial charge is 0.469 e. The minimum Gasteiger partial charge on any atom is -0.469 e. The number of hydrogen-bond donors (Lipinski definition) is 1. The predicted molar refractivity (Wildman–Crippen MR) is 74.0 cm³/mol. The van der Waals surface area contributed by atoms with Crippen molar-refractivity contribution in [3.63, 3.8) is 0 Å². The second kappa shape index (κ2) is 8.31. The van der Waals surface area contributed by atoms with Gasteiger partial charge in [-0.25, -0.2) is 4.98 Å². The van der Waals surface area contributed by atoms with Crippen molar-refractivity contribution >= 4 is 29.7 Å². The number of rotatable bonds is 6. The number of nitroso groups, excluding NO2 is 1. The maximum atomic E-state index is 11.5. The summed E-state index contributed by atoms with van der Waals surface area (Å²) >= 11 is 0. The molecule has 1 N–H and O–H groups in total. The zero-order valence-electron chi connectivity index (χ0n) is 11.2. The first kappa shape index (κ1) is 16.2. The highest BCUT2D eigenvalue weighted by molar-refractivity contribution is 5.93. The molecule has 1 aromatic heterocycles. The number of carbonyl (C=O) groups is 3. The zero-order chi connectivity index (χ0) is 15.7. The van der Waals surface area contributed by atoms with E-state index in [1.807, 2.05) is 0 Å². The Labute approximate surface area is 120 Å². The van der Waals surface area contributed by atoms with Crippen LogP contribution in [0.5, 0.6) is 0 Å². The number of aromatic nitrogens is 1. The van der Waals surface area contributed by atoms with Gasteiger partial charge in [0.2, 0.25) is 5.91 Å². The van der Waals surface area contributed by atoms with Crippen LogP contribution in [0, 0.1) is 4.91 Å². The molecular formula is C13H13N3O5. The lowest BCUT2D eigenvalue weighted by molar-refractivity contribution is -0.141. The second-order valence-corrected chi connectivity index (χ2v) is 3.86. The Hall–Kier alpha value is -2.90. The van der Waals surface area contributed by atoms with Crippen LogP contribution >= 0.6 is 0 Å². The number of esters is 1. The Morgan fingerprint density at radius 2 is 2.10 bits per heavy atom. The van der Waals surface area contributed by atoms with Crippen LogP contribution < -0.4 is 5.32 Å². The number of ether oxygens (including phenoxy) is 1. The standard InChI is InChI=1S/C13H13N3O5/c1-21-13(19)7-6-11(17)15-10-4-2-9(8-14-10)3-5-12(18)16-20/h2-5,8H,6-7H2,1H3,(H,14,15,17)/b5-3+. The quantitative estimate of drug-likeness (QED) is 0.479. The van der Waals surface area contributed by atoms with Crippen molar-refractivity contribution in [2.75, 3.05) is 12.4 Å². The number of carbonyl (C=O) groups excluding carboxylic acids is 3. The SMILES string of the molecule is COC(=O)CCC(=O)Nc1ccc(/C=C/C(=O)N=O)cn1. The molecule has 2 amide bonds. The molecule has 0 radical (unpaired) electrons. The van der Waals surface area contributed by atoms with E-state index in [2.05, 4.69) is 20.2 Å². The van der Waals surface area contributed by atoms with Gasteiger partial charge < -0.3 is 10.1 Å². The molecule has 0 fully saturated rings. The van der Waals surface area contributed by atoms with E-state index < -0.39 is 11.9 Å². The molecule has 0 aromatic carbocycles. The number of pyridine rings is 1. The number of nitrogens with one attached hydrogen (secondary N) is 1. The van der Waals surface area contributed by atoms with Crippen LogP contribution in [0.3, 0.4) is 0 Å². The van der Waals surface area contributed by atoms with Crippen molar-refractivity contribution in [3.8, 4) is 0 Å². The van der Waals surface area contributed by atoms with Crippen LogP contribution in [0.2, 0.25) is 0 Å². The Bertz CT molecular complexity index is 566. The average Bonchev–Trinajstić information content (AvgIpc) is 2.51. The average molecular weight is 291 g/mol. The fourth-order valence-electron chi connectivity index (χ4n) is 1.30. The van der Waals surface area contributed by atoms with Gasteiger partial charge in [0.1, 0.15) is 5.82 Å². The van der Waals surface area contributed by atoms with Crippen molar-refractivity contribution < 1.29 is 19.1 Å². The normalized spacial score (nSPS) is 10.1. The molecule has 1 aromatic rings. The molecule has 8 heteroatoms. The highest BCUT2D eigenvalue weighted by Gasteiger charge is 2.07. The van der Waals surface area contributed by atoms with Gasteiger partial charge in [0.15, 0.2) is 0 Å². The third kappa shape index (κ3) is 6.19. The minimum atomic E-state index is -0.893. The molecule has 0 aliphatic rings. The van der Waals surface area contributed by atoms with Crippen molar-refractivity contribution in [1.29, 1.82) is 0 Å². The molecule has 0 saturated carbocycles. The Morgan fingerprint density at radius 3 is 2.67 bits per heavy atom.